The van der Waals surface area contributed by atoms with Crippen LogP contribution in [0.3, 0.4) is 0 Å². The maximum Gasteiger partial charge on any atom is 0.228 e. The quantitative estimate of drug-likeness (QED) is 0.170. The van der Waals surface area contributed by atoms with Crippen LogP contribution in [0.4, 0.5) is 17.1 Å². The van der Waals surface area contributed by atoms with Crippen molar-refractivity contribution in [2.24, 2.45) is 0 Å². The minimum Gasteiger partial charge on any atom is -0.454 e. The van der Waals surface area contributed by atoms with Gasteiger partial charge >= 0.3 is 0 Å². The molecule has 11 rings (SSSR count). The number of hydrogen-bond donors (Lipinski definition) is 0. The summed E-state index contributed by atoms with van der Waals surface area (Å²) in [5, 5.41) is 9.40. The first-order chi connectivity index (χ1) is 26.3. The molecule has 0 spiro atoms. The van der Waals surface area contributed by atoms with E-state index in [0.717, 1.165) is 61.2 Å². The van der Waals surface area contributed by atoms with Crippen molar-refractivity contribution in [2.45, 2.75) is 0 Å². The highest BCUT2D eigenvalue weighted by atomic mass is 16.3. The molecule has 0 N–H and O–H groups in total. The lowest BCUT2D eigenvalue weighted by molar-refractivity contribution is 0.620. The maximum absolute atomic E-state index is 6.84. The number of fused-ring (bicyclic) bond motifs is 10. The van der Waals surface area contributed by atoms with Crippen molar-refractivity contribution < 1.29 is 8.83 Å². The second-order valence-corrected chi connectivity index (χ2v) is 13.5. The molecule has 0 aliphatic heterocycles. The molecule has 0 fully saturated rings. The van der Waals surface area contributed by atoms with Gasteiger partial charge in [-0.05, 0) is 98.0 Å². The second-order valence-electron chi connectivity index (χ2n) is 13.5. The van der Waals surface area contributed by atoms with E-state index in [4.69, 9.17) is 13.8 Å². The predicted octanol–water partition coefficient (Wildman–Crippen LogP) is 14.0. The average molecular weight is 679 g/mol. The number of hydrogen-bond acceptors (Lipinski definition) is 4. The summed E-state index contributed by atoms with van der Waals surface area (Å²) >= 11 is 0. The molecular weight excluding hydrogens is 649 g/mol. The molecule has 0 unspecified atom stereocenters. The zero-order valence-corrected chi connectivity index (χ0v) is 28.5. The molecule has 2 aromatic heterocycles. The molecule has 0 bridgehead atoms. The molecule has 0 saturated carbocycles. The summed E-state index contributed by atoms with van der Waals surface area (Å²) in [4.78, 5) is 7.18. The minimum atomic E-state index is 0.576. The van der Waals surface area contributed by atoms with Gasteiger partial charge in [0, 0.05) is 27.7 Å². The summed E-state index contributed by atoms with van der Waals surface area (Å²) < 4.78 is 13.1. The summed E-state index contributed by atoms with van der Waals surface area (Å²) in [7, 11) is 0. The highest BCUT2D eigenvalue weighted by Gasteiger charge is 2.23. The van der Waals surface area contributed by atoms with Crippen molar-refractivity contribution in [3.63, 3.8) is 0 Å². The third kappa shape index (κ3) is 4.66. The molecule has 9 aromatic carbocycles. The van der Waals surface area contributed by atoms with Crippen molar-refractivity contribution in [2.75, 3.05) is 4.90 Å². The van der Waals surface area contributed by atoms with Crippen molar-refractivity contribution in [3.8, 4) is 22.6 Å². The minimum absolute atomic E-state index is 0.576. The van der Waals surface area contributed by atoms with Crippen LogP contribution >= 0.6 is 0 Å². The molecule has 11 aromatic rings. The van der Waals surface area contributed by atoms with Gasteiger partial charge in [0.2, 0.25) is 5.89 Å². The van der Waals surface area contributed by atoms with E-state index < -0.39 is 0 Å². The Morgan fingerprint density at radius 2 is 0.981 bits per heavy atom. The molecule has 0 radical (unpaired) electrons. The number of benzene rings is 9. The first-order valence-corrected chi connectivity index (χ1v) is 17.9. The Labute approximate surface area is 304 Å². The highest BCUT2D eigenvalue weighted by molar-refractivity contribution is 6.26. The summed E-state index contributed by atoms with van der Waals surface area (Å²) in [5.41, 5.74) is 9.42. The van der Waals surface area contributed by atoms with Gasteiger partial charge in [0.15, 0.2) is 11.2 Å². The molecule has 2 heterocycles. The first kappa shape index (κ1) is 29.5. The molecular formula is C49H30N2O2. The number of oxazole rings is 1. The Balaban J connectivity index is 1.16. The van der Waals surface area contributed by atoms with Crippen molar-refractivity contribution in [3.05, 3.63) is 182 Å². The fraction of sp³-hybridized carbons (Fsp3) is 0. The number of rotatable bonds is 5. The van der Waals surface area contributed by atoms with Crippen molar-refractivity contribution >= 4 is 82.4 Å². The predicted molar refractivity (Wildman–Crippen MR) is 219 cm³/mol. The second kappa shape index (κ2) is 11.7. The van der Waals surface area contributed by atoms with Crippen molar-refractivity contribution in [1.29, 1.82) is 0 Å². The normalized spacial score (nSPS) is 11.8. The first-order valence-electron chi connectivity index (χ1n) is 17.9. The standard InChI is InChI=1S/C49H30N2O2/c1-2-12-31(13-3-1)32-24-26-33(27-25-32)51(34-28-29-39-37-16-5-4-14-35(37)36-15-6-7-17-38(36)42(39)30-34)44-21-10-18-40-47-41(19-11-23-46(47)52-48(40)44)49-50-43-20-8-9-22-45(43)53-49/h1-30H. The van der Waals surface area contributed by atoms with Gasteiger partial charge in [0.25, 0.3) is 0 Å². The van der Waals surface area contributed by atoms with E-state index in [-0.39, 0.29) is 0 Å². The molecule has 248 valence electrons. The summed E-state index contributed by atoms with van der Waals surface area (Å²) in [6, 6.07) is 64.0. The Kier molecular flexibility index (Phi) is 6.52. The van der Waals surface area contributed by atoms with E-state index in [1.165, 1.54) is 37.9 Å². The van der Waals surface area contributed by atoms with Crippen LogP contribution in [0.5, 0.6) is 0 Å². The van der Waals surface area contributed by atoms with Gasteiger partial charge in [0.1, 0.15) is 11.1 Å². The number of para-hydroxylation sites is 3. The van der Waals surface area contributed by atoms with Crippen LogP contribution < -0.4 is 4.90 Å². The van der Waals surface area contributed by atoms with Gasteiger partial charge in [-0.15, -0.1) is 0 Å². The fourth-order valence-electron chi connectivity index (χ4n) is 8.07. The van der Waals surface area contributed by atoms with Crippen LogP contribution in [0.15, 0.2) is 191 Å². The zero-order chi connectivity index (χ0) is 34.9. The molecule has 53 heavy (non-hydrogen) atoms. The lowest BCUT2D eigenvalue weighted by Crippen LogP contribution is -2.10. The summed E-state index contributed by atoms with van der Waals surface area (Å²) in [6.07, 6.45) is 0. The molecule has 0 atom stereocenters. The third-order valence-electron chi connectivity index (χ3n) is 10.5. The van der Waals surface area contributed by atoms with E-state index in [1.807, 2.05) is 36.4 Å². The monoisotopic (exact) mass is 678 g/mol. The fourth-order valence-corrected chi connectivity index (χ4v) is 8.07. The van der Waals surface area contributed by atoms with Crippen LogP contribution in [0.1, 0.15) is 0 Å². The maximum atomic E-state index is 6.84. The van der Waals surface area contributed by atoms with Gasteiger partial charge in [-0.3, -0.25) is 0 Å². The molecule has 0 saturated heterocycles. The zero-order valence-electron chi connectivity index (χ0n) is 28.5. The largest absolute Gasteiger partial charge is 0.454 e. The van der Waals surface area contributed by atoms with E-state index >= 15 is 0 Å². The van der Waals surface area contributed by atoms with Gasteiger partial charge in [0.05, 0.1) is 5.69 Å². The summed E-state index contributed by atoms with van der Waals surface area (Å²) in [5.74, 6) is 0.576. The molecule has 4 heteroatoms. The molecule has 4 nitrogen and oxygen atoms in total. The highest BCUT2D eigenvalue weighted by Crippen LogP contribution is 2.46. The van der Waals surface area contributed by atoms with Gasteiger partial charge in [-0.2, -0.15) is 0 Å². The Hall–Kier alpha value is -7.17. The number of aromatic nitrogens is 1. The Bertz CT molecular complexity index is 3110. The molecule has 0 amide bonds. The lowest BCUT2D eigenvalue weighted by atomic mass is 9.94. The van der Waals surface area contributed by atoms with Crippen LogP contribution in [0.25, 0.3) is 87.9 Å². The lowest BCUT2D eigenvalue weighted by Gasteiger charge is -2.26. The van der Waals surface area contributed by atoms with Crippen LogP contribution in [-0.2, 0) is 0 Å². The van der Waals surface area contributed by atoms with Crippen molar-refractivity contribution in [1.82, 2.24) is 4.98 Å². The van der Waals surface area contributed by atoms with Crippen LogP contribution in [0, 0.1) is 0 Å². The number of furan rings is 1. The molecule has 0 aliphatic rings. The van der Waals surface area contributed by atoms with Gasteiger partial charge in [-0.25, -0.2) is 4.98 Å². The third-order valence-corrected chi connectivity index (χ3v) is 10.5. The van der Waals surface area contributed by atoms with E-state index in [1.54, 1.807) is 0 Å². The Morgan fingerprint density at radius 3 is 1.74 bits per heavy atom. The molecule has 0 aliphatic carbocycles. The van der Waals surface area contributed by atoms with E-state index in [0.29, 0.717) is 5.89 Å². The van der Waals surface area contributed by atoms with Gasteiger partial charge in [-0.1, -0.05) is 127 Å². The topological polar surface area (TPSA) is 42.4 Å². The smallest absolute Gasteiger partial charge is 0.228 e. The van der Waals surface area contributed by atoms with Crippen LogP contribution in [-0.4, -0.2) is 4.98 Å². The average Bonchev–Trinajstić information content (AvgIpc) is 3.84. The number of nitrogens with zero attached hydrogens (tertiary/aromatic N) is 2. The Morgan fingerprint density at radius 1 is 0.396 bits per heavy atom. The SMILES string of the molecule is c1ccc(-c2ccc(N(c3ccc4c5ccccc5c5ccccc5c4c3)c3cccc4c3oc3cccc(-c5nc6ccccc6o5)c34)cc2)cc1. The van der Waals surface area contributed by atoms with E-state index in [2.05, 4.69) is 150 Å². The van der Waals surface area contributed by atoms with Gasteiger partial charge < -0.3 is 13.7 Å². The van der Waals surface area contributed by atoms with Crippen LogP contribution in [0.2, 0.25) is 0 Å². The summed E-state index contributed by atoms with van der Waals surface area (Å²) in [6.45, 7) is 0. The number of anilines is 3. The van der Waals surface area contributed by atoms with E-state index in [9.17, 15) is 0 Å².